The zero-order valence-electron chi connectivity index (χ0n) is 11.8. The van der Waals surface area contributed by atoms with E-state index in [1.54, 1.807) is 24.3 Å². The molecule has 4 N–H and O–H groups in total. The molecule has 0 saturated heterocycles. The summed E-state index contributed by atoms with van der Waals surface area (Å²) in [6.45, 7) is 1.96. The van der Waals surface area contributed by atoms with Crippen molar-refractivity contribution in [2.24, 2.45) is 5.73 Å². The zero-order valence-corrected chi connectivity index (χ0v) is 11.8. The average Bonchev–Trinajstić information content (AvgIpc) is 2.39. The fourth-order valence-corrected chi connectivity index (χ4v) is 1.68. The average molecular weight is 279 g/mol. The van der Waals surface area contributed by atoms with Gasteiger partial charge in [0.2, 0.25) is 11.8 Å². The minimum absolute atomic E-state index is 0.0159. The lowest BCUT2D eigenvalue weighted by atomic mass is 10.1. The second-order valence-corrected chi connectivity index (χ2v) is 4.45. The van der Waals surface area contributed by atoms with E-state index in [1.807, 2.05) is 6.92 Å². The molecule has 1 atom stereocenters. The summed E-state index contributed by atoms with van der Waals surface area (Å²) >= 11 is 0. The molecule has 0 aromatic heterocycles. The van der Waals surface area contributed by atoms with Gasteiger partial charge in [-0.25, -0.2) is 0 Å². The molecule has 2 amide bonds. The fraction of sp³-hybridized carbons (Fsp3) is 0.429. The van der Waals surface area contributed by atoms with Gasteiger partial charge < -0.3 is 21.1 Å². The highest BCUT2D eigenvalue weighted by atomic mass is 16.5. The van der Waals surface area contributed by atoms with Crippen molar-refractivity contribution in [2.45, 2.75) is 25.8 Å². The Morgan fingerprint density at radius 3 is 2.55 bits per heavy atom. The standard InChI is InChI=1S/C14H21N3O3/c1-3-5-12(15)14(19)17-11-7-4-6-10(8-11)16-13(18)9-20-2/h4,6-8,12H,3,5,9,15H2,1-2H3,(H,16,18)(H,17,19)/t12-/m1/s1. The lowest BCUT2D eigenvalue weighted by Gasteiger charge is -2.12. The highest BCUT2D eigenvalue weighted by molar-refractivity contribution is 5.96. The van der Waals surface area contributed by atoms with E-state index in [9.17, 15) is 9.59 Å². The Morgan fingerprint density at radius 2 is 1.95 bits per heavy atom. The van der Waals surface area contributed by atoms with Gasteiger partial charge in [0.25, 0.3) is 0 Å². The van der Waals surface area contributed by atoms with Gasteiger partial charge in [-0.05, 0) is 24.6 Å². The number of anilines is 2. The first-order valence-corrected chi connectivity index (χ1v) is 6.52. The summed E-state index contributed by atoms with van der Waals surface area (Å²) in [5.41, 5.74) is 6.92. The Balaban J connectivity index is 2.63. The predicted molar refractivity (Wildman–Crippen MR) is 78.5 cm³/mol. The molecule has 1 aromatic carbocycles. The van der Waals surface area contributed by atoms with E-state index in [-0.39, 0.29) is 18.4 Å². The predicted octanol–water partition coefficient (Wildman–Crippen LogP) is 1.34. The van der Waals surface area contributed by atoms with Gasteiger partial charge in [0, 0.05) is 18.5 Å². The number of carbonyl (C=O) groups excluding carboxylic acids is 2. The summed E-state index contributed by atoms with van der Waals surface area (Å²) in [7, 11) is 1.45. The number of nitrogens with two attached hydrogens (primary N) is 1. The van der Waals surface area contributed by atoms with Gasteiger partial charge in [-0.1, -0.05) is 19.4 Å². The Hall–Kier alpha value is -1.92. The van der Waals surface area contributed by atoms with Crippen molar-refractivity contribution in [1.82, 2.24) is 0 Å². The lowest BCUT2D eigenvalue weighted by Crippen LogP contribution is -2.35. The quantitative estimate of drug-likeness (QED) is 0.702. The van der Waals surface area contributed by atoms with Gasteiger partial charge in [-0.3, -0.25) is 9.59 Å². The Labute approximate surface area is 118 Å². The summed E-state index contributed by atoms with van der Waals surface area (Å²) in [6, 6.07) is 6.36. The van der Waals surface area contributed by atoms with Gasteiger partial charge >= 0.3 is 0 Å². The monoisotopic (exact) mass is 279 g/mol. The number of nitrogens with one attached hydrogen (secondary N) is 2. The molecule has 1 aromatic rings. The van der Waals surface area contributed by atoms with Crippen LogP contribution in [-0.2, 0) is 14.3 Å². The molecule has 0 aliphatic rings. The van der Waals surface area contributed by atoms with Crippen LogP contribution in [0.15, 0.2) is 24.3 Å². The summed E-state index contributed by atoms with van der Waals surface area (Å²) in [5.74, 6) is -0.481. The number of hydrogen-bond acceptors (Lipinski definition) is 4. The number of ether oxygens (including phenoxy) is 1. The molecule has 20 heavy (non-hydrogen) atoms. The zero-order chi connectivity index (χ0) is 15.0. The van der Waals surface area contributed by atoms with Crippen LogP contribution in [0.1, 0.15) is 19.8 Å². The largest absolute Gasteiger partial charge is 0.375 e. The minimum Gasteiger partial charge on any atom is -0.375 e. The molecule has 0 radical (unpaired) electrons. The van der Waals surface area contributed by atoms with Crippen LogP contribution in [0.2, 0.25) is 0 Å². The maximum Gasteiger partial charge on any atom is 0.250 e. The van der Waals surface area contributed by atoms with Crippen LogP contribution in [0.25, 0.3) is 0 Å². The van der Waals surface area contributed by atoms with Gasteiger partial charge in [0.15, 0.2) is 0 Å². The minimum atomic E-state index is -0.522. The number of methoxy groups -OCH3 is 1. The number of hydrogen-bond donors (Lipinski definition) is 3. The molecule has 0 saturated carbocycles. The van der Waals surface area contributed by atoms with E-state index in [1.165, 1.54) is 7.11 Å². The van der Waals surface area contributed by atoms with E-state index in [0.717, 1.165) is 6.42 Å². The Morgan fingerprint density at radius 1 is 1.30 bits per heavy atom. The second-order valence-electron chi connectivity index (χ2n) is 4.45. The van der Waals surface area contributed by atoms with E-state index in [4.69, 9.17) is 10.5 Å². The van der Waals surface area contributed by atoms with Crippen molar-refractivity contribution < 1.29 is 14.3 Å². The normalized spacial score (nSPS) is 11.8. The van der Waals surface area contributed by atoms with E-state index in [0.29, 0.717) is 17.8 Å². The Bertz CT molecular complexity index is 463. The smallest absolute Gasteiger partial charge is 0.250 e. The highest BCUT2D eigenvalue weighted by Gasteiger charge is 2.12. The number of amides is 2. The molecule has 110 valence electrons. The molecular weight excluding hydrogens is 258 g/mol. The summed E-state index contributed by atoms with van der Waals surface area (Å²) in [4.78, 5) is 23.2. The fourth-order valence-electron chi connectivity index (χ4n) is 1.68. The molecule has 6 heteroatoms. The van der Waals surface area contributed by atoms with Crippen molar-refractivity contribution in [3.8, 4) is 0 Å². The highest BCUT2D eigenvalue weighted by Crippen LogP contribution is 2.15. The van der Waals surface area contributed by atoms with Crippen molar-refractivity contribution in [2.75, 3.05) is 24.4 Å². The van der Waals surface area contributed by atoms with Crippen LogP contribution >= 0.6 is 0 Å². The first kappa shape index (κ1) is 16.1. The van der Waals surface area contributed by atoms with Gasteiger partial charge in [0.1, 0.15) is 6.61 Å². The van der Waals surface area contributed by atoms with Crippen molar-refractivity contribution >= 4 is 23.2 Å². The third kappa shape index (κ3) is 5.38. The molecule has 0 spiro atoms. The lowest BCUT2D eigenvalue weighted by molar-refractivity contribution is -0.119. The maximum atomic E-state index is 11.8. The van der Waals surface area contributed by atoms with E-state index >= 15 is 0 Å². The van der Waals surface area contributed by atoms with Crippen LogP contribution in [-0.4, -0.2) is 31.6 Å². The number of carbonyl (C=O) groups is 2. The van der Waals surface area contributed by atoms with E-state index in [2.05, 4.69) is 10.6 Å². The molecule has 0 fully saturated rings. The molecule has 6 nitrogen and oxygen atoms in total. The van der Waals surface area contributed by atoms with Crippen LogP contribution in [0.3, 0.4) is 0 Å². The van der Waals surface area contributed by atoms with Crippen LogP contribution in [0.5, 0.6) is 0 Å². The topological polar surface area (TPSA) is 93.5 Å². The van der Waals surface area contributed by atoms with Gasteiger partial charge in [-0.2, -0.15) is 0 Å². The SMILES string of the molecule is CCC[C@@H](N)C(=O)Nc1cccc(NC(=O)COC)c1. The van der Waals surface area contributed by atoms with Gasteiger partial charge in [0.05, 0.1) is 6.04 Å². The third-order valence-electron chi connectivity index (χ3n) is 2.63. The molecule has 0 bridgehead atoms. The first-order chi connectivity index (χ1) is 9.56. The van der Waals surface area contributed by atoms with Gasteiger partial charge in [-0.15, -0.1) is 0 Å². The molecule has 1 rings (SSSR count). The summed E-state index contributed by atoms with van der Waals surface area (Å²) in [6.07, 6.45) is 1.48. The molecular formula is C14H21N3O3. The molecule has 0 heterocycles. The molecule has 0 unspecified atom stereocenters. The van der Waals surface area contributed by atoms with Crippen LogP contribution in [0, 0.1) is 0 Å². The molecule has 0 aliphatic heterocycles. The first-order valence-electron chi connectivity index (χ1n) is 6.52. The summed E-state index contributed by atoms with van der Waals surface area (Å²) in [5, 5.41) is 5.39. The van der Waals surface area contributed by atoms with Crippen molar-refractivity contribution in [3.63, 3.8) is 0 Å². The van der Waals surface area contributed by atoms with Crippen LogP contribution < -0.4 is 16.4 Å². The Kier molecular flexibility index (Phi) is 6.69. The van der Waals surface area contributed by atoms with E-state index < -0.39 is 6.04 Å². The number of rotatable bonds is 7. The molecule has 0 aliphatic carbocycles. The van der Waals surface area contributed by atoms with Crippen LogP contribution in [0.4, 0.5) is 11.4 Å². The third-order valence-corrected chi connectivity index (χ3v) is 2.63. The van der Waals surface area contributed by atoms with Crippen molar-refractivity contribution in [3.05, 3.63) is 24.3 Å². The van der Waals surface area contributed by atoms with Crippen molar-refractivity contribution in [1.29, 1.82) is 0 Å². The summed E-state index contributed by atoms with van der Waals surface area (Å²) < 4.78 is 4.73. The second kappa shape index (κ2) is 8.29. The maximum absolute atomic E-state index is 11.8. The number of benzene rings is 1.